The van der Waals surface area contributed by atoms with E-state index in [4.69, 9.17) is 22.5 Å². The Labute approximate surface area is 127 Å². The van der Waals surface area contributed by atoms with Crippen molar-refractivity contribution in [3.8, 4) is 0 Å². The Morgan fingerprint density at radius 1 is 1.38 bits per heavy atom. The zero-order valence-electron chi connectivity index (χ0n) is 11.8. The van der Waals surface area contributed by atoms with Crippen LogP contribution in [0.4, 0.5) is 5.95 Å². The van der Waals surface area contributed by atoms with Crippen LogP contribution in [0.3, 0.4) is 0 Å². The van der Waals surface area contributed by atoms with E-state index in [1.807, 2.05) is 43.1 Å². The van der Waals surface area contributed by atoms with Gasteiger partial charge in [-0.05, 0) is 30.7 Å². The van der Waals surface area contributed by atoms with Gasteiger partial charge < -0.3 is 15.8 Å². The minimum Gasteiger partial charge on any atom is -0.409 e. The summed E-state index contributed by atoms with van der Waals surface area (Å²) in [5.74, 6) is 0.453. The van der Waals surface area contributed by atoms with Crippen LogP contribution in [-0.4, -0.2) is 28.1 Å². The van der Waals surface area contributed by atoms with Gasteiger partial charge in [0.25, 0.3) is 0 Å². The van der Waals surface area contributed by atoms with Gasteiger partial charge in [-0.3, -0.25) is 0 Å². The standard InChI is InChI=1S/C14H16ClN5O/c1-9-6-12(13(16)19-21)18-14(17-9)20(2)8-10-4-3-5-11(15)7-10/h3-7,21H,8H2,1-2H3,(H2,16,19). The molecule has 110 valence electrons. The molecule has 1 aromatic carbocycles. The zero-order valence-corrected chi connectivity index (χ0v) is 12.5. The number of nitrogens with zero attached hydrogens (tertiary/aromatic N) is 4. The Morgan fingerprint density at radius 2 is 2.14 bits per heavy atom. The van der Waals surface area contributed by atoms with Crippen LogP contribution in [0.5, 0.6) is 0 Å². The normalized spacial score (nSPS) is 11.5. The molecule has 0 fully saturated rings. The van der Waals surface area contributed by atoms with E-state index in [1.165, 1.54) is 0 Å². The van der Waals surface area contributed by atoms with Crippen molar-refractivity contribution in [1.29, 1.82) is 0 Å². The summed E-state index contributed by atoms with van der Waals surface area (Å²) in [5, 5.41) is 12.4. The Kier molecular flexibility index (Phi) is 4.59. The van der Waals surface area contributed by atoms with Crippen molar-refractivity contribution in [2.75, 3.05) is 11.9 Å². The molecule has 0 radical (unpaired) electrons. The fourth-order valence-corrected chi connectivity index (χ4v) is 2.10. The molecule has 1 heterocycles. The fraction of sp³-hybridized carbons (Fsp3) is 0.214. The quantitative estimate of drug-likeness (QED) is 0.391. The number of benzene rings is 1. The second-order valence-corrected chi connectivity index (χ2v) is 5.10. The molecule has 0 unspecified atom stereocenters. The Hall–Kier alpha value is -2.34. The van der Waals surface area contributed by atoms with E-state index < -0.39 is 0 Å². The van der Waals surface area contributed by atoms with Crippen molar-refractivity contribution in [3.63, 3.8) is 0 Å². The highest BCUT2D eigenvalue weighted by Gasteiger charge is 2.10. The third kappa shape index (κ3) is 3.82. The number of oxime groups is 1. The molecule has 2 rings (SSSR count). The number of halogens is 1. The van der Waals surface area contributed by atoms with Crippen LogP contribution in [0.1, 0.15) is 17.0 Å². The lowest BCUT2D eigenvalue weighted by molar-refractivity contribution is 0.318. The first-order valence-corrected chi connectivity index (χ1v) is 6.66. The van der Waals surface area contributed by atoms with Gasteiger partial charge in [0.05, 0.1) is 0 Å². The molecule has 0 atom stereocenters. The molecule has 0 amide bonds. The van der Waals surface area contributed by atoms with Crippen LogP contribution < -0.4 is 10.6 Å². The SMILES string of the molecule is Cc1cc(/C(N)=N/O)nc(N(C)Cc2cccc(Cl)c2)n1. The molecule has 1 aromatic heterocycles. The number of hydrogen-bond acceptors (Lipinski definition) is 5. The maximum atomic E-state index is 8.75. The van der Waals surface area contributed by atoms with E-state index in [1.54, 1.807) is 6.07 Å². The summed E-state index contributed by atoms with van der Waals surface area (Å²) < 4.78 is 0. The van der Waals surface area contributed by atoms with Crippen LogP contribution in [0, 0.1) is 6.92 Å². The van der Waals surface area contributed by atoms with Gasteiger partial charge in [-0.25, -0.2) is 9.97 Å². The first kappa shape index (κ1) is 15.1. The summed E-state index contributed by atoms with van der Waals surface area (Å²) >= 11 is 5.98. The molecule has 0 saturated carbocycles. The molecule has 0 aliphatic rings. The molecule has 0 spiro atoms. The Morgan fingerprint density at radius 3 is 2.81 bits per heavy atom. The molecular formula is C14H16ClN5O. The fourth-order valence-electron chi connectivity index (χ4n) is 1.89. The van der Waals surface area contributed by atoms with Gasteiger partial charge in [-0.15, -0.1) is 0 Å². The summed E-state index contributed by atoms with van der Waals surface area (Å²) in [7, 11) is 1.87. The topological polar surface area (TPSA) is 87.6 Å². The summed E-state index contributed by atoms with van der Waals surface area (Å²) in [5.41, 5.74) is 7.74. The third-order valence-electron chi connectivity index (χ3n) is 2.86. The van der Waals surface area contributed by atoms with Crippen LogP contribution in [0.15, 0.2) is 35.5 Å². The molecule has 2 aromatic rings. The molecule has 6 nitrogen and oxygen atoms in total. The number of amidine groups is 1. The number of anilines is 1. The van der Waals surface area contributed by atoms with Gasteiger partial charge in [-0.1, -0.05) is 28.9 Å². The summed E-state index contributed by atoms with van der Waals surface area (Å²) in [6, 6.07) is 9.24. The van der Waals surface area contributed by atoms with Crippen LogP contribution >= 0.6 is 11.6 Å². The molecular weight excluding hydrogens is 290 g/mol. The van der Waals surface area contributed by atoms with Gasteiger partial charge in [-0.2, -0.15) is 0 Å². The summed E-state index contributed by atoms with van der Waals surface area (Å²) in [6.45, 7) is 2.42. The van der Waals surface area contributed by atoms with E-state index in [0.717, 1.165) is 11.3 Å². The van der Waals surface area contributed by atoms with Crippen molar-refractivity contribution >= 4 is 23.4 Å². The highest BCUT2D eigenvalue weighted by atomic mass is 35.5. The molecule has 3 N–H and O–H groups in total. The van der Waals surface area contributed by atoms with Gasteiger partial charge >= 0.3 is 0 Å². The van der Waals surface area contributed by atoms with Crippen LogP contribution in [0.2, 0.25) is 5.02 Å². The number of rotatable bonds is 4. The number of nitrogens with two attached hydrogens (primary N) is 1. The lowest BCUT2D eigenvalue weighted by Crippen LogP contribution is -2.22. The van der Waals surface area contributed by atoms with Crippen LogP contribution in [0.25, 0.3) is 0 Å². The molecule has 7 heteroatoms. The lowest BCUT2D eigenvalue weighted by Gasteiger charge is -2.18. The smallest absolute Gasteiger partial charge is 0.226 e. The molecule has 0 aliphatic heterocycles. The largest absolute Gasteiger partial charge is 0.409 e. The Balaban J connectivity index is 2.26. The van der Waals surface area contributed by atoms with Crippen molar-refractivity contribution in [3.05, 3.63) is 52.3 Å². The van der Waals surface area contributed by atoms with Crippen LogP contribution in [-0.2, 0) is 6.54 Å². The molecule has 21 heavy (non-hydrogen) atoms. The summed E-state index contributed by atoms with van der Waals surface area (Å²) in [4.78, 5) is 10.5. The number of aryl methyl sites for hydroxylation is 1. The first-order chi connectivity index (χ1) is 9.99. The number of hydrogen-bond donors (Lipinski definition) is 2. The van der Waals surface area contributed by atoms with Crippen molar-refractivity contribution in [1.82, 2.24) is 9.97 Å². The average molecular weight is 306 g/mol. The zero-order chi connectivity index (χ0) is 15.4. The second-order valence-electron chi connectivity index (χ2n) is 4.67. The maximum absolute atomic E-state index is 8.75. The predicted molar refractivity (Wildman–Crippen MR) is 82.8 cm³/mol. The van der Waals surface area contributed by atoms with E-state index in [-0.39, 0.29) is 5.84 Å². The third-order valence-corrected chi connectivity index (χ3v) is 3.10. The van der Waals surface area contributed by atoms with E-state index >= 15 is 0 Å². The van der Waals surface area contributed by atoms with E-state index in [2.05, 4.69) is 15.1 Å². The minimum atomic E-state index is -0.0436. The van der Waals surface area contributed by atoms with Gasteiger partial charge in [0.15, 0.2) is 5.84 Å². The lowest BCUT2D eigenvalue weighted by atomic mass is 10.2. The minimum absolute atomic E-state index is 0.0436. The highest BCUT2D eigenvalue weighted by Crippen LogP contribution is 2.15. The molecule has 0 aliphatic carbocycles. The number of aromatic nitrogens is 2. The first-order valence-electron chi connectivity index (χ1n) is 6.29. The summed E-state index contributed by atoms with van der Waals surface area (Å²) in [6.07, 6.45) is 0. The van der Waals surface area contributed by atoms with Gasteiger partial charge in [0.2, 0.25) is 5.95 Å². The average Bonchev–Trinajstić information content (AvgIpc) is 2.45. The van der Waals surface area contributed by atoms with E-state index in [9.17, 15) is 0 Å². The second kappa shape index (κ2) is 6.41. The van der Waals surface area contributed by atoms with E-state index in [0.29, 0.717) is 23.2 Å². The molecule has 0 bridgehead atoms. The van der Waals surface area contributed by atoms with Gasteiger partial charge in [0.1, 0.15) is 5.69 Å². The monoisotopic (exact) mass is 305 g/mol. The van der Waals surface area contributed by atoms with Crippen molar-refractivity contribution < 1.29 is 5.21 Å². The Bertz CT molecular complexity index is 674. The van der Waals surface area contributed by atoms with Gasteiger partial charge in [0, 0.05) is 24.3 Å². The van der Waals surface area contributed by atoms with Crippen molar-refractivity contribution in [2.45, 2.75) is 13.5 Å². The molecule has 0 saturated heterocycles. The maximum Gasteiger partial charge on any atom is 0.226 e. The highest BCUT2D eigenvalue weighted by molar-refractivity contribution is 6.30. The van der Waals surface area contributed by atoms with Crippen molar-refractivity contribution in [2.24, 2.45) is 10.9 Å². The predicted octanol–water partition coefficient (Wildman–Crippen LogP) is 2.17.